The smallest absolute Gasteiger partial charge is 0.407 e. The molecule has 2 aliphatic rings. The number of anilines is 2. The van der Waals surface area contributed by atoms with Crippen molar-refractivity contribution in [3.63, 3.8) is 0 Å². The number of carbonyl (C=O) groups excluding carboxylic acids is 1. The van der Waals surface area contributed by atoms with E-state index in [1.165, 1.54) is 35.4 Å². The first-order valence-corrected chi connectivity index (χ1v) is 10.7. The Bertz CT molecular complexity index is 1040. The fourth-order valence-electron chi connectivity index (χ4n) is 4.43. The quantitative estimate of drug-likeness (QED) is 0.603. The summed E-state index contributed by atoms with van der Waals surface area (Å²) in [4.78, 5) is 25.2. The Morgan fingerprint density at radius 2 is 1.97 bits per heavy atom. The number of nitriles is 1. The third-order valence-electron chi connectivity index (χ3n) is 6.30. The van der Waals surface area contributed by atoms with Gasteiger partial charge in [-0.25, -0.2) is 9.18 Å². The second kappa shape index (κ2) is 8.86. The Labute approximate surface area is 184 Å². The highest BCUT2D eigenvalue weighted by atomic mass is 19.1. The zero-order chi connectivity index (χ0) is 22.8. The van der Waals surface area contributed by atoms with Crippen LogP contribution in [0, 0.1) is 29.0 Å². The lowest BCUT2D eigenvalue weighted by Gasteiger charge is -2.41. The minimum atomic E-state index is -1.03. The molecule has 0 radical (unpaired) electrons. The molecule has 1 saturated carbocycles. The number of rotatable bonds is 7. The summed E-state index contributed by atoms with van der Waals surface area (Å²) in [7, 11) is 0. The van der Waals surface area contributed by atoms with Crippen LogP contribution in [-0.2, 0) is 0 Å². The summed E-state index contributed by atoms with van der Waals surface area (Å²) in [6, 6.07) is 7.04. The molecular formula is C22H25FN6O3. The van der Waals surface area contributed by atoms with Crippen LogP contribution >= 0.6 is 0 Å². The molecule has 2 aromatic rings. The van der Waals surface area contributed by atoms with Gasteiger partial charge in [0, 0.05) is 18.4 Å². The molecule has 4 rings (SSSR count). The van der Waals surface area contributed by atoms with Crippen molar-refractivity contribution in [3.05, 3.63) is 41.8 Å². The van der Waals surface area contributed by atoms with E-state index in [4.69, 9.17) is 5.73 Å². The van der Waals surface area contributed by atoms with Crippen molar-refractivity contribution in [2.24, 2.45) is 17.6 Å². The fourth-order valence-corrected chi connectivity index (χ4v) is 4.43. The molecule has 0 spiro atoms. The van der Waals surface area contributed by atoms with Crippen LogP contribution in [0.1, 0.15) is 48.5 Å². The summed E-state index contributed by atoms with van der Waals surface area (Å²) >= 11 is 0. The van der Waals surface area contributed by atoms with E-state index >= 15 is 0 Å². The maximum atomic E-state index is 13.2. The van der Waals surface area contributed by atoms with E-state index in [0.29, 0.717) is 24.4 Å². The average molecular weight is 440 g/mol. The minimum absolute atomic E-state index is 0.140. The van der Waals surface area contributed by atoms with Crippen LogP contribution in [0.2, 0.25) is 0 Å². The van der Waals surface area contributed by atoms with Gasteiger partial charge in [-0.05, 0) is 49.4 Å². The second-order valence-electron chi connectivity index (χ2n) is 8.44. The second-order valence-corrected chi connectivity index (χ2v) is 8.44. The summed E-state index contributed by atoms with van der Waals surface area (Å²) in [5.41, 5.74) is 6.20. The van der Waals surface area contributed by atoms with Crippen molar-refractivity contribution >= 4 is 23.5 Å². The van der Waals surface area contributed by atoms with Crippen LogP contribution < -0.4 is 11.1 Å². The number of nitrogens with two attached hydrogens (primary N) is 1. The third kappa shape index (κ3) is 4.51. The van der Waals surface area contributed by atoms with Crippen molar-refractivity contribution in [1.82, 2.24) is 14.7 Å². The van der Waals surface area contributed by atoms with Gasteiger partial charge in [-0.15, -0.1) is 0 Å². The van der Waals surface area contributed by atoms with Crippen molar-refractivity contribution < 1.29 is 19.1 Å². The number of nitrogens with one attached hydrogen (secondary N) is 1. The summed E-state index contributed by atoms with van der Waals surface area (Å²) in [6.45, 7) is 0.278. The summed E-state index contributed by atoms with van der Waals surface area (Å²) in [6.07, 6.45) is 4.68. The van der Waals surface area contributed by atoms with Crippen LogP contribution in [0.3, 0.4) is 0 Å². The first-order chi connectivity index (χ1) is 15.4. The van der Waals surface area contributed by atoms with Gasteiger partial charge in [-0.2, -0.15) is 10.4 Å². The zero-order valence-corrected chi connectivity index (χ0v) is 17.4. The lowest BCUT2D eigenvalue weighted by Crippen LogP contribution is -2.51. The Kier molecular flexibility index (Phi) is 5.99. The Hall–Kier alpha value is -3.61. The first kappa shape index (κ1) is 21.6. The number of primary amides is 1. The fraction of sp³-hybridized carbons (Fsp3) is 0.455. The summed E-state index contributed by atoms with van der Waals surface area (Å²) in [5, 5.41) is 27.1. The van der Waals surface area contributed by atoms with Crippen molar-refractivity contribution in [1.29, 1.82) is 5.26 Å². The highest BCUT2D eigenvalue weighted by molar-refractivity contribution is 5.98. The van der Waals surface area contributed by atoms with Gasteiger partial charge in [0.05, 0.1) is 24.1 Å². The molecule has 10 heteroatoms. The molecule has 2 heterocycles. The number of piperidine rings is 1. The van der Waals surface area contributed by atoms with Crippen LogP contribution in [0.5, 0.6) is 0 Å². The molecule has 9 nitrogen and oxygen atoms in total. The van der Waals surface area contributed by atoms with E-state index in [2.05, 4.69) is 16.5 Å². The van der Waals surface area contributed by atoms with Crippen molar-refractivity contribution in [2.45, 2.75) is 44.2 Å². The van der Waals surface area contributed by atoms with Crippen molar-refractivity contribution in [2.75, 3.05) is 11.9 Å². The predicted molar refractivity (Wildman–Crippen MR) is 114 cm³/mol. The third-order valence-corrected chi connectivity index (χ3v) is 6.30. The predicted octanol–water partition coefficient (Wildman–Crippen LogP) is 3.49. The topological polar surface area (TPSA) is 137 Å². The van der Waals surface area contributed by atoms with Gasteiger partial charge in [0.1, 0.15) is 11.4 Å². The molecule has 1 unspecified atom stereocenters. The molecule has 4 N–H and O–H groups in total. The maximum absolute atomic E-state index is 13.2. The van der Waals surface area contributed by atoms with Gasteiger partial charge in [0.15, 0.2) is 5.82 Å². The number of hydrogen-bond donors (Lipinski definition) is 3. The van der Waals surface area contributed by atoms with E-state index in [0.717, 1.165) is 19.3 Å². The average Bonchev–Trinajstić information content (AvgIpc) is 3.50. The molecular weight excluding hydrogens is 415 g/mol. The van der Waals surface area contributed by atoms with E-state index < -0.39 is 35.8 Å². The Balaban J connectivity index is 1.62. The molecule has 2 amide bonds. The number of hydrogen-bond acceptors (Lipinski definition) is 5. The van der Waals surface area contributed by atoms with Gasteiger partial charge < -0.3 is 21.1 Å². The number of amides is 2. The van der Waals surface area contributed by atoms with Gasteiger partial charge >= 0.3 is 6.09 Å². The minimum Gasteiger partial charge on any atom is -0.465 e. The normalized spacial score (nSPS) is 22.9. The molecule has 168 valence electrons. The number of aromatic nitrogens is 2. The lowest BCUT2D eigenvalue weighted by atomic mass is 9.83. The number of halogens is 1. The van der Waals surface area contributed by atoms with Crippen LogP contribution in [0.4, 0.5) is 20.7 Å². The van der Waals surface area contributed by atoms with Gasteiger partial charge in [-0.3, -0.25) is 9.48 Å². The molecule has 2 fully saturated rings. The van der Waals surface area contributed by atoms with Crippen LogP contribution in [0.15, 0.2) is 30.5 Å². The number of nitrogens with zero attached hydrogens (tertiary/aromatic N) is 4. The SMILES string of the molecule is N#C[C@@H]1C(CCC2CC2)N(C(=O)O)CC[C@@H]1n1cc(C(N)=O)c(Nc2ccc(F)cc2)n1. The van der Waals surface area contributed by atoms with Gasteiger partial charge in [0.25, 0.3) is 5.91 Å². The number of benzene rings is 1. The molecule has 3 atom stereocenters. The highest BCUT2D eigenvalue weighted by Crippen LogP contribution is 2.40. The monoisotopic (exact) mass is 440 g/mol. The first-order valence-electron chi connectivity index (χ1n) is 10.7. The van der Waals surface area contributed by atoms with E-state index in [1.54, 1.807) is 4.68 Å². The van der Waals surface area contributed by atoms with E-state index in [-0.39, 0.29) is 17.9 Å². The Morgan fingerprint density at radius 3 is 2.56 bits per heavy atom. The van der Waals surface area contributed by atoms with E-state index in [9.17, 15) is 24.3 Å². The zero-order valence-electron chi connectivity index (χ0n) is 17.4. The Morgan fingerprint density at radius 1 is 1.25 bits per heavy atom. The van der Waals surface area contributed by atoms with Gasteiger partial charge in [0.2, 0.25) is 0 Å². The molecule has 1 saturated heterocycles. The number of carboxylic acid groups (broad SMARTS) is 1. The number of likely N-dealkylation sites (tertiary alicyclic amines) is 1. The summed E-state index contributed by atoms with van der Waals surface area (Å²) < 4.78 is 14.8. The molecule has 1 aliphatic heterocycles. The lowest BCUT2D eigenvalue weighted by molar-refractivity contribution is 0.0616. The molecule has 0 bridgehead atoms. The largest absolute Gasteiger partial charge is 0.465 e. The van der Waals surface area contributed by atoms with E-state index in [1.807, 2.05) is 0 Å². The van der Waals surface area contributed by atoms with Crippen LogP contribution in [0.25, 0.3) is 0 Å². The maximum Gasteiger partial charge on any atom is 0.407 e. The van der Waals surface area contributed by atoms with Crippen molar-refractivity contribution in [3.8, 4) is 6.07 Å². The molecule has 1 aromatic carbocycles. The standard InChI is InChI=1S/C22H25FN6O3/c23-14-4-6-15(7-5-14)26-21-17(20(25)30)12-29(27-21)19-9-10-28(22(31)32)18(16(19)11-24)8-3-13-1-2-13/h4-7,12-13,16,18-19H,1-3,8-10H2,(H2,25,30)(H,26,27)(H,31,32)/t16-,18?,19+/m1/s1. The van der Waals surface area contributed by atoms with Crippen LogP contribution in [-0.4, -0.2) is 44.4 Å². The highest BCUT2D eigenvalue weighted by Gasteiger charge is 2.42. The van der Waals surface area contributed by atoms with Gasteiger partial charge in [-0.1, -0.05) is 12.8 Å². The molecule has 1 aromatic heterocycles. The molecule has 32 heavy (non-hydrogen) atoms. The number of carbonyl (C=O) groups is 2. The molecule has 1 aliphatic carbocycles. The summed E-state index contributed by atoms with van der Waals surface area (Å²) in [5.74, 6) is -0.880.